The van der Waals surface area contributed by atoms with Crippen molar-refractivity contribution < 1.29 is 23.1 Å². The minimum atomic E-state index is -3.88. The number of nitrogens with zero attached hydrogens (tertiary/aromatic N) is 3. The third-order valence-corrected chi connectivity index (χ3v) is 9.19. The number of nitriles is 1. The van der Waals surface area contributed by atoms with Crippen LogP contribution in [0.25, 0.3) is 0 Å². The first-order chi connectivity index (χ1) is 17.3. The van der Waals surface area contributed by atoms with E-state index in [2.05, 4.69) is 15.8 Å². The van der Waals surface area contributed by atoms with E-state index in [0.717, 1.165) is 0 Å². The Bertz CT molecular complexity index is 1290. The van der Waals surface area contributed by atoms with Crippen LogP contribution in [-0.2, 0) is 26.2 Å². The van der Waals surface area contributed by atoms with Gasteiger partial charge in [0.15, 0.2) is 5.78 Å². The molecule has 0 spiro atoms. The summed E-state index contributed by atoms with van der Waals surface area (Å²) in [6.07, 6.45) is 2.67. The van der Waals surface area contributed by atoms with Gasteiger partial charge in [-0.2, -0.15) is 5.26 Å². The molecule has 1 aliphatic carbocycles. The average Bonchev–Trinajstić information content (AvgIpc) is 3.71. The number of carbonyl (C=O) groups is 2. The van der Waals surface area contributed by atoms with Gasteiger partial charge in [-0.15, -0.1) is 0 Å². The van der Waals surface area contributed by atoms with Gasteiger partial charge in [-0.25, -0.2) is 13.4 Å². The van der Waals surface area contributed by atoms with E-state index >= 15 is 0 Å². The van der Waals surface area contributed by atoms with E-state index in [1.165, 1.54) is 6.07 Å². The van der Waals surface area contributed by atoms with Crippen molar-refractivity contribution in [1.29, 1.82) is 5.26 Å². The summed E-state index contributed by atoms with van der Waals surface area (Å²) < 4.78 is 27.5. The number of anilines is 1. The van der Waals surface area contributed by atoms with Gasteiger partial charge >= 0.3 is 0 Å². The Morgan fingerprint density at radius 2 is 1.89 bits per heavy atom. The molecule has 1 aliphatic heterocycles. The molecule has 2 aliphatic rings. The monoisotopic (exact) mass is 510 g/mol. The number of hydrogen-bond donors (Lipinski definition) is 2. The number of aliphatic hydroxyl groups is 1. The molecule has 0 radical (unpaired) electrons. The molecule has 0 bridgehead atoms. The minimum Gasteiger partial charge on any atom is -0.390 e. The van der Waals surface area contributed by atoms with Gasteiger partial charge in [-0.1, -0.05) is 37.3 Å². The fourth-order valence-corrected chi connectivity index (χ4v) is 6.54. The van der Waals surface area contributed by atoms with E-state index in [1.54, 1.807) is 24.3 Å². The number of hydrogen-bond acceptors (Lipinski definition) is 8. The number of piperidine rings is 1. The second-order valence-corrected chi connectivity index (χ2v) is 11.4. The van der Waals surface area contributed by atoms with E-state index in [-0.39, 0.29) is 22.6 Å². The fourth-order valence-electron chi connectivity index (χ4n) is 4.82. The third kappa shape index (κ3) is 4.86. The summed E-state index contributed by atoms with van der Waals surface area (Å²) in [7, 11) is -3.88. The zero-order valence-corrected chi connectivity index (χ0v) is 21.1. The largest absolute Gasteiger partial charge is 0.390 e. The number of nitrogens with one attached hydrogen (secondary N) is 1. The molecule has 1 saturated carbocycles. The number of sulfonamides is 1. The number of carbonyl (C=O) groups excluding carboxylic acids is 2. The van der Waals surface area contributed by atoms with Crippen molar-refractivity contribution in [3.05, 3.63) is 58.8 Å². The van der Waals surface area contributed by atoms with E-state index in [9.17, 15) is 28.4 Å². The van der Waals surface area contributed by atoms with Crippen molar-refractivity contribution >= 4 is 27.5 Å². The molecule has 9 nitrogen and oxygen atoms in total. The van der Waals surface area contributed by atoms with Gasteiger partial charge < -0.3 is 10.0 Å². The molecule has 1 aromatic heterocycles. The van der Waals surface area contributed by atoms with Crippen molar-refractivity contribution in [2.24, 2.45) is 5.92 Å². The predicted molar refractivity (Wildman–Crippen MR) is 133 cm³/mol. The molecular formula is C26H30N4O5S. The topological polar surface area (TPSA) is 140 Å². The van der Waals surface area contributed by atoms with E-state index in [4.69, 9.17) is 0 Å². The number of rotatable bonds is 9. The summed E-state index contributed by atoms with van der Waals surface area (Å²) in [4.78, 5) is 31.6. The minimum absolute atomic E-state index is 0.169. The standard InChI is InChI=1S/C26H30N4O5S/c1-2-6-23(32)21-15-19(16-27)24(28-22(21)17-31)30-13-9-18(10-14-30)25(33)29-36(34,35)26(11-12-26)20-7-4-3-5-8-20/h3-5,7-8,15,18,31H,2,6,9-14,17H2,1H3,(H,29,33). The van der Waals surface area contributed by atoms with Crippen LogP contribution >= 0.6 is 0 Å². The van der Waals surface area contributed by atoms with Gasteiger partial charge in [0.25, 0.3) is 0 Å². The van der Waals surface area contributed by atoms with Crippen molar-refractivity contribution in [3.8, 4) is 6.07 Å². The molecular weight excluding hydrogens is 480 g/mol. The molecule has 0 atom stereocenters. The molecule has 1 saturated heterocycles. The average molecular weight is 511 g/mol. The van der Waals surface area contributed by atoms with Crippen molar-refractivity contribution in [3.63, 3.8) is 0 Å². The first-order valence-corrected chi connectivity index (χ1v) is 13.7. The van der Waals surface area contributed by atoms with Crippen LogP contribution in [0.2, 0.25) is 0 Å². The number of amides is 1. The fraction of sp³-hybridized carbons (Fsp3) is 0.462. The van der Waals surface area contributed by atoms with Gasteiger partial charge in [0.1, 0.15) is 16.6 Å². The molecule has 4 rings (SSSR count). The lowest BCUT2D eigenvalue weighted by molar-refractivity contribution is -0.123. The summed E-state index contributed by atoms with van der Waals surface area (Å²) in [5.41, 5.74) is 1.40. The number of aromatic nitrogens is 1. The Balaban J connectivity index is 1.45. The zero-order valence-electron chi connectivity index (χ0n) is 20.2. The Hall–Kier alpha value is -3.29. The molecule has 0 unspecified atom stereocenters. The Morgan fingerprint density at radius 3 is 2.44 bits per heavy atom. The Morgan fingerprint density at radius 1 is 1.22 bits per heavy atom. The highest BCUT2D eigenvalue weighted by Gasteiger charge is 2.56. The molecule has 190 valence electrons. The summed E-state index contributed by atoms with van der Waals surface area (Å²) >= 11 is 0. The van der Waals surface area contributed by atoms with Crippen LogP contribution < -0.4 is 9.62 Å². The van der Waals surface area contributed by atoms with Crippen molar-refractivity contribution in [2.45, 2.75) is 56.8 Å². The third-order valence-electron chi connectivity index (χ3n) is 7.05. The summed E-state index contributed by atoms with van der Waals surface area (Å²) in [6, 6.07) is 12.5. The highest BCUT2D eigenvalue weighted by Crippen LogP contribution is 2.52. The number of pyridine rings is 1. The van der Waals surface area contributed by atoms with Crippen molar-refractivity contribution in [2.75, 3.05) is 18.0 Å². The number of benzene rings is 1. The van der Waals surface area contributed by atoms with Crippen LogP contribution in [0.4, 0.5) is 5.82 Å². The molecule has 2 fully saturated rings. The highest BCUT2D eigenvalue weighted by molar-refractivity contribution is 7.91. The maximum atomic E-state index is 13.1. The maximum Gasteiger partial charge on any atom is 0.244 e. The molecule has 10 heteroatoms. The SMILES string of the molecule is CCCC(=O)c1cc(C#N)c(N2CCC(C(=O)NS(=O)(=O)C3(c4ccccc4)CC3)CC2)nc1CO. The summed E-state index contributed by atoms with van der Waals surface area (Å²) in [5.74, 6) is -0.808. The lowest BCUT2D eigenvalue weighted by atomic mass is 9.95. The first kappa shape index (κ1) is 25.8. The summed E-state index contributed by atoms with van der Waals surface area (Å²) in [6.45, 7) is 2.22. The van der Waals surface area contributed by atoms with E-state index in [1.807, 2.05) is 17.9 Å². The normalized spacial score (nSPS) is 17.3. The van der Waals surface area contributed by atoms with Gasteiger partial charge in [0.05, 0.1) is 17.9 Å². The zero-order chi connectivity index (χ0) is 25.9. The Kier molecular flexibility index (Phi) is 7.43. The Labute approximate surface area is 211 Å². The van der Waals surface area contributed by atoms with Crippen LogP contribution in [0.1, 0.15) is 72.6 Å². The van der Waals surface area contributed by atoms with Crippen LogP contribution in [0.5, 0.6) is 0 Å². The van der Waals surface area contributed by atoms with Gasteiger partial charge in [-0.05, 0) is 43.7 Å². The van der Waals surface area contributed by atoms with Crippen LogP contribution in [0.15, 0.2) is 36.4 Å². The molecule has 1 amide bonds. The molecule has 2 N–H and O–H groups in total. The molecule has 2 aromatic rings. The first-order valence-electron chi connectivity index (χ1n) is 12.2. The number of aliphatic hydroxyl groups excluding tert-OH is 1. The van der Waals surface area contributed by atoms with E-state index in [0.29, 0.717) is 63.0 Å². The maximum absolute atomic E-state index is 13.1. The van der Waals surface area contributed by atoms with Crippen LogP contribution in [-0.4, -0.2) is 43.3 Å². The quantitative estimate of drug-likeness (QED) is 0.491. The van der Waals surface area contributed by atoms with Gasteiger partial charge in [0.2, 0.25) is 15.9 Å². The lowest BCUT2D eigenvalue weighted by Crippen LogP contribution is -2.45. The molecule has 2 heterocycles. The van der Waals surface area contributed by atoms with Gasteiger partial charge in [-0.3, -0.25) is 14.3 Å². The van der Waals surface area contributed by atoms with Crippen LogP contribution in [0, 0.1) is 17.2 Å². The lowest BCUT2D eigenvalue weighted by Gasteiger charge is -2.33. The second kappa shape index (κ2) is 10.4. The molecule has 36 heavy (non-hydrogen) atoms. The second-order valence-electron chi connectivity index (χ2n) is 9.39. The summed E-state index contributed by atoms with van der Waals surface area (Å²) in [5, 5.41) is 19.4. The highest BCUT2D eigenvalue weighted by atomic mass is 32.2. The van der Waals surface area contributed by atoms with Crippen LogP contribution in [0.3, 0.4) is 0 Å². The number of ketones is 1. The number of Topliss-reactive ketones (excluding diaryl/α,β-unsaturated/α-hetero) is 1. The van der Waals surface area contributed by atoms with Crippen molar-refractivity contribution in [1.82, 2.24) is 9.71 Å². The van der Waals surface area contributed by atoms with E-state index < -0.39 is 33.2 Å². The smallest absolute Gasteiger partial charge is 0.244 e. The molecule has 1 aromatic carbocycles. The van der Waals surface area contributed by atoms with Gasteiger partial charge in [0, 0.05) is 31.0 Å². The predicted octanol–water partition coefficient (Wildman–Crippen LogP) is 2.78.